The number of nitrogens with one attached hydrogen (secondary N) is 2. The lowest BCUT2D eigenvalue weighted by Gasteiger charge is -2.30. The summed E-state index contributed by atoms with van der Waals surface area (Å²) in [6.07, 6.45) is 4.02. The number of guanidine groups is 1. The van der Waals surface area contributed by atoms with E-state index in [0.29, 0.717) is 18.3 Å². The molecule has 1 aliphatic carbocycles. The Balaban J connectivity index is 0.00000576. The number of rotatable bonds is 7. The van der Waals surface area contributed by atoms with Crippen molar-refractivity contribution in [1.29, 1.82) is 0 Å². The first kappa shape index (κ1) is 24.4. The van der Waals surface area contributed by atoms with Crippen molar-refractivity contribution in [2.75, 3.05) is 32.9 Å². The lowest BCUT2D eigenvalue weighted by molar-refractivity contribution is -0.127. The molecule has 0 aromatic rings. The van der Waals surface area contributed by atoms with Crippen LogP contribution in [-0.2, 0) is 15.6 Å². The van der Waals surface area contributed by atoms with Crippen LogP contribution in [0.25, 0.3) is 0 Å². The van der Waals surface area contributed by atoms with Crippen molar-refractivity contribution in [3.63, 3.8) is 0 Å². The Bertz CT molecular complexity index is 497. The molecule has 3 atom stereocenters. The molecule has 0 radical (unpaired) electrons. The molecule has 0 aromatic carbocycles. The van der Waals surface area contributed by atoms with Crippen molar-refractivity contribution in [2.45, 2.75) is 50.8 Å². The van der Waals surface area contributed by atoms with Crippen LogP contribution in [0.4, 0.5) is 0 Å². The van der Waals surface area contributed by atoms with Crippen molar-refractivity contribution >= 4 is 46.6 Å². The Labute approximate surface area is 171 Å². The van der Waals surface area contributed by atoms with E-state index >= 15 is 0 Å². The van der Waals surface area contributed by atoms with Crippen molar-refractivity contribution in [1.82, 2.24) is 15.5 Å². The van der Waals surface area contributed by atoms with Crippen LogP contribution in [0.3, 0.4) is 0 Å². The van der Waals surface area contributed by atoms with Gasteiger partial charge in [0.05, 0.1) is 0 Å². The molecule has 0 saturated heterocycles. The van der Waals surface area contributed by atoms with Crippen molar-refractivity contribution in [3.8, 4) is 0 Å². The van der Waals surface area contributed by atoms with Crippen LogP contribution < -0.4 is 10.6 Å². The van der Waals surface area contributed by atoms with Crippen LogP contribution in [0.5, 0.6) is 0 Å². The maximum atomic E-state index is 12.1. The molecule has 0 aromatic heterocycles. The second kappa shape index (κ2) is 12.7. The zero-order chi connectivity index (χ0) is 18.1. The fourth-order valence-corrected chi connectivity index (χ4v) is 3.97. The highest BCUT2D eigenvalue weighted by Gasteiger charge is 2.26. The summed E-state index contributed by atoms with van der Waals surface area (Å²) in [7, 11) is 2.69. The minimum atomic E-state index is -0.752. The first-order valence-corrected chi connectivity index (χ1v) is 9.98. The molecule has 0 spiro atoms. The summed E-state index contributed by atoms with van der Waals surface area (Å²) in [4.78, 5) is 17.7. The molecule has 1 amide bonds. The third-order valence-electron chi connectivity index (χ3n) is 4.05. The van der Waals surface area contributed by atoms with Gasteiger partial charge in [0.25, 0.3) is 0 Å². The van der Waals surface area contributed by atoms with Crippen LogP contribution in [0.15, 0.2) is 17.1 Å². The van der Waals surface area contributed by atoms with Gasteiger partial charge in [-0.1, -0.05) is 25.5 Å². The topological polar surface area (TPSA) is 73.8 Å². The van der Waals surface area contributed by atoms with Crippen molar-refractivity contribution < 1.29 is 9.00 Å². The molecule has 0 heterocycles. The van der Waals surface area contributed by atoms with Gasteiger partial charge < -0.3 is 15.5 Å². The monoisotopic (exact) mass is 484 g/mol. The largest absolute Gasteiger partial charge is 0.354 e. The fraction of sp³-hybridized carbons (Fsp3) is 0.765. The Hall–Kier alpha value is -0.640. The SMILES string of the molecule is C=C(C)CNC(=NCC(=O)N(C)C)NC1CCCC(S(=O)CC)C1.I. The molecule has 6 nitrogen and oxygen atoms in total. The van der Waals surface area contributed by atoms with Crippen molar-refractivity contribution in [2.24, 2.45) is 4.99 Å². The van der Waals surface area contributed by atoms with Gasteiger partial charge in [0, 0.05) is 48.5 Å². The molecule has 3 unspecified atom stereocenters. The third-order valence-corrected chi connectivity index (χ3v) is 5.79. The van der Waals surface area contributed by atoms with Gasteiger partial charge >= 0.3 is 0 Å². The first-order chi connectivity index (χ1) is 11.3. The number of hydrogen-bond donors (Lipinski definition) is 2. The third kappa shape index (κ3) is 9.58. The highest BCUT2D eigenvalue weighted by molar-refractivity contribution is 14.0. The Morgan fingerprint density at radius 2 is 2.04 bits per heavy atom. The Kier molecular flexibility index (Phi) is 12.3. The summed E-state index contributed by atoms with van der Waals surface area (Å²) in [5, 5.41) is 6.88. The predicted molar refractivity (Wildman–Crippen MR) is 117 cm³/mol. The molecule has 2 N–H and O–H groups in total. The molecule has 1 aliphatic rings. The van der Waals surface area contributed by atoms with E-state index in [1.165, 1.54) is 4.90 Å². The summed E-state index contributed by atoms with van der Waals surface area (Å²) < 4.78 is 12.1. The van der Waals surface area contributed by atoms with Gasteiger partial charge in [0.2, 0.25) is 5.91 Å². The number of carbonyl (C=O) groups is 1. The number of amides is 1. The highest BCUT2D eigenvalue weighted by Crippen LogP contribution is 2.22. The van der Waals surface area contributed by atoms with Crippen LogP contribution in [0.2, 0.25) is 0 Å². The molecule has 1 rings (SSSR count). The van der Waals surface area contributed by atoms with E-state index in [0.717, 1.165) is 31.3 Å². The van der Waals surface area contributed by atoms with E-state index in [2.05, 4.69) is 22.2 Å². The summed E-state index contributed by atoms with van der Waals surface area (Å²) >= 11 is 0. The predicted octanol–water partition coefficient (Wildman–Crippen LogP) is 1.88. The summed E-state index contributed by atoms with van der Waals surface area (Å²) in [6, 6.07) is 0.241. The fourth-order valence-electron chi connectivity index (χ4n) is 2.62. The number of aliphatic imine (C=N–C) groups is 1. The summed E-state index contributed by atoms with van der Waals surface area (Å²) in [5.74, 6) is 1.30. The molecular formula is C17H33IN4O2S. The average molecular weight is 484 g/mol. The van der Waals surface area contributed by atoms with Gasteiger partial charge in [-0.15, -0.1) is 24.0 Å². The summed E-state index contributed by atoms with van der Waals surface area (Å²) in [6.45, 7) is 8.51. The first-order valence-electron chi connectivity index (χ1n) is 8.60. The van der Waals surface area contributed by atoms with E-state index < -0.39 is 10.8 Å². The molecule has 0 bridgehead atoms. The molecule has 0 aliphatic heterocycles. The lowest BCUT2D eigenvalue weighted by Crippen LogP contribution is -2.47. The molecular weight excluding hydrogens is 451 g/mol. The Morgan fingerprint density at radius 1 is 1.36 bits per heavy atom. The normalized spacial score (nSPS) is 21.7. The average Bonchev–Trinajstić information content (AvgIpc) is 2.56. The standard InChI is InChI=1S/C17H32N4O2S.HI/c1-6-24(23)15-9-7-8-14(10-15)20-17(18-11-13(2)3)19-12-16(22)21(4)5;/h14-15H,2,6-12H2,1,3-5H3,(H2,18,19,20);1H. The van der Waals surface area contributed by atoms with Crippen LogP contribution >= 0.6 is 24.0 Å². The lowest BCUT2D eigenvalue weighted by atomic mass is 9.95. The zero-order valence-electron chi connectivity index (χ0n) is 15.8. The van der Waals surface area contributed by atoms with Gasteiger partial charge in [-0.3, -0.25) is 9.00 Å². The summed E-state index contributed by atoms with van der Waals surface area (Å²) in [5.41, 5.74) is 0.997. The molecule has 146 valence electrons. The zero-order valence-corrected chi connectivity index (χ0v) is 19.0. The van der Waals surface area contributed by atoms with Gasteiger partial charge in [0.1, 0.15) is 6.54 Å². The second-order valence-corrected chi connectivity index (χ2v) is 8.57. The smallest absolute Gasteiger partial charge is 0.243 e. The number of likely N-dealkylation sites (N-methyl/N-ethyl adjacent to an activating group) is 1. The van der Waals surface area contributed by atoms with E-state index in [1.54, 1.807) is 14.1 Å². The second-order valence-electron chi connectivity index (χ2n) is 6.56. The number of halogens is 1. The van der Waals surface area contributed by atoms with Gasteiger partial charge in [-0.2, -0.15) is 0 Å². The van der Waals surface area contributed by atoms with Gasteiger partial charge in [0.15, 0.2) is 5.96 Å². The number of hydrogen-bond acceptors (Lipinski definition) is 3. The van der Waals surface area contributed by atoms with E-state index in [1.807, 2.05) is 13.8 Å². The maximum absolute atomic E-state index is 12.1. The van der Waals surface area contributed by atoms with Crippen LogP contribution in [0, 0.1) is 0 Å². The van der Waals surface area contributed by atoms with Crippen molar-refractivity contribution in [3.05, 3.63) is 12.2 Å². The highest BCUT2D eigenvalue weighted by atomic mass is 127. The molecule has 8 heteroatoms. The van der Waals surface area contributed by atoms with Gasteiger partial charge in [-0.05, 0) is 26.2 Å². The quantitative estimate of drug-likeness (QED) is 0.251. The van der Waals surface area contributed by atoms with E-state index in [9.17, 15) is 9.00 Å². The number of nitrogens with zero attached hydrogens (tertiary/aromatic N) is 2. The Morgan fingerprint density at radius 3 is 2.60 bits per heavy atom. The minimum Gasteiger partial charge on any atom is -0.354 e. The maximum Gasteiger partial charge on any atom is 0.243 e. The minimum absolute atomic E-state index is 0. The molecule has 1 fully saturated rings. The van der Waals surface area contributed by atoms with E-state index in [-0.39, 0.29) is 47.7 Å². The molecule has 1 saturated carbocycles. The van der Waals surface area contributed by atoms with Crippen LogP contribution in [-0.4, -0.2) is 65.2 Å². The number of carbonyl (C=O) groups excluding carboxylic acids is 1. The van der Waals surface area contributed by atoms with Crippen LogP contribution in [0.1, 0.15) is 39.5 Å². The van der Waals surface area contributed by atoms with Gasteiger partial charge in [-0.25, -0.2) is 4.99 Å². The molecule has 25 heavy (non-hydrogen) atoms. The van der Waals surface area contributed by atoms with E-state index in [4.69, 9.17) is 0 Å².